The normalized spacial score (nSPS) is 13.3. The molecule has 8 heteroatoms. The molecular weight excluding hydrogens is 339 g/mol. The van der Waals surface area contributed by atoms with E-state index in [4.69, 9.17) is 0 Å². The second kappa shape index (κ2) is 7.90. The summed E-state index contributed by atoms with van der Waals surface area (Å²) < 4.78 is 13.5. The van der Waals surface area contributed by atoms with Gasteiger partial charge in [-0.15, -0.1) is 0 Å². The number of amides is 2. The largest absolute Gasteiger partial charge is 0.619 e. The summed E-state index contributed by atoms with van der Waals surface area (Å²) in [6.07, 6.45) is 5.55. The van der Waals surface area contributed by atoms with Gasteiger partial charge in [0, 0.05) is 30.9 Å². The zero-order chi connectivity index (χ0) is 18.5. The molecule has 0 radical (unpaired) electrons. The van der Waals surface area contributed by atoms with Crippen LogP contribution in [-0.2, 0) is 11.2 Å². The molecule has 0 saturated heterocycles. The van der Waals surface area contributed by atoms with Crippen molar-refractivity contribution in [2.75, 3.05) is 13.1 Å². The lowest BCUT2D eigenvalue weighted by Gasteiger charge is -2.22. The van der Waals surface area contributed by atoms with Crippen molar-refractivity contribution in [3.63, 3.8) is 0 Å². The van der Waals surface area contributed by atoms with Gasteiger partial charge in [0.1, 0.15) is 11.4 Å². The minimum Gasteiger partial charge on any atom is -0.619 e. The van der Waals surface area contributed by atoms with E-state index in [1.54, 1.807) is 11.0 Å². The van der Waals surface area contributed by atoms with Crippen LogP contribution in [0.15, 0.2) is 42.9 Å². The maximum Gasteiger partial charge on any atom is 0.257 e. The van der Waals surface area contributed by atoms with Crippen LogP contribution in [0.5, 0.6) is 0 Å². The van der Waals surface area contributed by atoms with Crippen molar-refractivity contribution in [2.24, 2.45) is 0 Å². The van der Waals surface area contributed by atoms with Gasteiger partial charge in [0.15, 0.2) is 12.4 Å². The van der Waals surface area contributed by atoms with Crippen LogP contribution in [0.2, 0.25) is 0 Å². The van der Waals surface area contributed by atoms with Crippen LogP contribution in [-0.4, -0.2) is 40.8 Å². The number of pyridine rings is 2. The lowest BCUT2D eigenvalue weighted by atomic mass is 10.2. The summed E-state index contributed by atoms with van der Waals surface area (Å²) in [6.45, 7) is 0.659. The van der Waals surface area contributed by atoms with Crippen molar-refractivity contribution in [2.45, 2.75) is 25.3 Å². The molecular formula is C18H19FN4O3. The predicted octanol–water partition coefficient (Wildman–Crippen LogP) is 0.818. The molecule has 2 aromatic rings. The van der Waals surface area contributed by atoms with Crippen LogP contribution in [0.4, 0.5) is 4.39 Å². The highest BCUT2D eigenvalue weighted by Crippen LogP contribution is 2.27. The van der Waals surface area contributed by atoms with E-state index < -0.39 is 5.82 Å². The summed E-state index contributed by atoms with van der Waals surface area (Å²) in [5, 5.41) is 13.9. The van der Waals surface area contributed by atoms with E-state index in [1.807, 2.05) is 0 Å². The molecule has 1 fully saturated rings. The van der Waals surface area contributed by atoms with Gasteiger partial charge in [-0.1, -0.05) is 0 Å². The Morgan fingerprint density at radius 2 is 2.15 bits per heavy atom. The fraction of sp³-hybridized carbons (Fsp3) is 0.333. The second-order valence-corrected chi connectivity index (χ2v) is 6.17. The number of nitrogens with zero attached hydrogens (tertiary/aromatic N) is 3. The van der Waals surface area contributed by atoms with E-state index in [0.717, 1.165) is 19.0 Å². The molecule has 1 N–H and O–H groups in total. The maximum absolute atomic E-state index is 12.9. The number of rotatable bonds is 7. The van der Waals surface area contributed by atoms with Crippen LogP contribution >= 0.6 is 0 Å². The molecule has 1 aliphatic carbocycles. The van der Waals surface area contributed by atoms with Crippen molar-refractivity contribution in [1.82, 2.24) is 15.2 Å². The minimum atomic E-state index is -0.441. The molecule has 2 heterocycles. The number of hydrogen-bond donors (Lipinski definition) is 1. The SMILES string of the molecule is O=C(NCCN(C(=O)Cc1ccc(F)cn1)C1CC1)c1ccc[n+]([O-])c1. The zero-order valence-corrected chi connectivity index (χ0v) is 14.1. The smallest absolute Gasteiger partial charge is 0.257 e. The Balaban J connectivity index is 1.53. The van der Waals surface area contributed by atoms with E-state index >= 15 is 0 Å². The van der Waals surface area contributed by atoms with Crippen molar-refractivity contribution < 1.29 is 18.7 Å². The molecule has 0 aromatic carbocycles. The van der Waals surface area contributed by atoms with Crippen molar-refractivity contribution in [1.29, 1.82) is 0 Å². The summed E-state index contributed by atoms with van der Waals surface area (Å²) in [5.41, 5.74) is 0.776. The van der Waals surface area contributed by atoms with Gasteiger partial charge in [-0.3, -0.25) is 14.6 Å². The summed E-state index contributed by atoms with van der Waals surface area (Å²) in [5.74, 6) is -0.903. The molecule has 3 rings (SSSR count). The van der Waals surface area contributed by atoms with E-state index in [9.17, 15) is 19.2 Å². The molecule has 2 amide bonds. The number of carbonyl (C=O) groups is 2. The molecule has 0 atom stereocenters. The van der Waals surface area contributed by atoms with Gasteiger partial charge in [0.05, 0.1) is 12.6 Å². The Bertz CT molecular complexity index is 793. The average molecular weight is 358 g/mol. The van der Waals surface area contributed by atoms with E-state index in [2.05, 4.69) is 10.3 Å². The van der Waals surface area contributed by atoms with Gasteiger partial charge in [-0.25, -0.2) is 4.39 Å². The van der Waals surface area contributed by atoms with Crippen LogP contribution in [0.25, 0.3) is 0 Å². The first-order valence-electron chi connectivity index (χ1n) is 8.40. The highest BCUT2D eigenvalue weighted by Gasteiger charge is 2.32. The van der Waals surface area contributed by atoms with Gasteiger partial charge in [-0.05, 0) is 31.0 Å². The van der Waals surface area contributed by atoms with Gasteiger partial charge in [0.25, 0.3) is 5.91 Å². The molecule has 0 bridgehead atoms. The Hall–Kier alpha value is -3.03. The van der Waals surface area contributed by atoms with Crippen molar-refractivity contribution >= 4 is 11.8 Å². The lowest BCUT2D eigenvalue weighted by Crippen LogP contribution is -2.41. The van der Waals surface area contributed by atoms with E-state index in [1.165, 1.54) is 30.6 Å². The molecule has 2 aromatic heterocycles. The zero-order valence-electron chi connectivity index (χ0n) is 14.1. The Morgan fingerprint density at radius 1 is 1.35 bits per heavy atom. The highest BCUT2D eigenvalue weighted by atomic mass is 19.1. The Morgan fingerprint density at radius 3 is 2.81 bits per heavy atom. The number of nitrogens with one attached hydrogen (secondary N) is 1. The monoisotopic (exact) mass is 358 g/mol. The van der Waals surface area contributed by atoms with Gasteiger partial charge in [-0.2, -0.15) is 4.73 Å². The van der Waals surface area contributed by atoms with Crippen molar-refractivity contribution in [3.8, 4) is 0 Å². The second-order valence-electron chi connectivity index (χ2n) is 6.17. The first kappa shape index (κ1) is 17.8. The van der Waals surface area contributed by atoms with Gasteiger partial charge in [0.2, 0.25) is 5.91 Å². The van der Waals surface area contributed by atoms with Crippen LogP contribution in [0.1, 0.15) is 28.9 Å². The molecule has 0 unspecified atom stereocenters. The standard InChI is InChI=1S/C18H19FN4O3/c19-14-3-4-15(21-11-14)10-17(24)23(16-5-6-16)9-7-20-18(25)13-2-1-8-22(26)12-13/h1-4,8,11-12,16H,5-7,9-10H2,(H,20,25). The van der Waals surface area contributed by atoms with Crippen LogP contribution in [0, 0.1) is 11.0 Å². The average Bonchev–Trinajstić information content (AvgIpc) is 3.45. The van der Waals surface area contributed by atoms with Crippen molar-refractivity contribution in [3.05, 3.63) is 65.1 Å². The van der Waals surface area contributed by atoms with E-state index in [0.29, 0.717) is 17.0 Å². The Labute approximate surface area is 150 Å². The third-order valence-corrected chi connectivity index (χ3v) is 4.10. The first-order chi connectivity index (χ1) is 12.5. The summed E-state index contributed by atoms with van der Waals surface area (Å²) in [4.78, 5) is 30.2. The summed E-state index contributed by atoms with van der Waals surface area (Å²) >= 11 is 0. The summed E-state index contributed by atoms with van der Waals surface area (Å²) in [6, 6.07) is 6.00. The molecule has 1 aliphatic rings. The fourth-order valence-corrected chi connectivity index (χ4v) is 2.65. The molecule has 0 aliphatic heterocycles. The fourth-order valence-electron chi connectivity index (χ4n) is 2.65. The Kier molecular flexibility index (Phi) is 5.40. The number of carbonyl (C=O) groups excluding carboxylic acids is 2. The summed E-state index contributed by atoms with van der Waals surface area (Å²) in [7, 11) is 0. The molecule has 0 spiro atoms. The molecule has 1 saturated carbocycles. The molecule has 26 heavy (non-hydrogen) atoms. The minimum absolute atomic E-state index is 0.0968. The maximum atomic E-state index is 12.9. The van der Waals surface area contributed by atoms with Crippen LogP contribution in [0.3, 0.4) is 0 Å². The molecule has 136 valence electrons. The first-order valence-corrected chi connectivity index (χ1v) is 8.40. The number of aromatic nitrogens is 2. The van der Waals surface area contributed by atoms with Gasteiger partial charge < -0.3 is 15.4 Å². The number of halogens is 1. The third-order valence-electron chi connectivity index (χ3n) is 4.10. The highest BCUT2D eigenvalue weighted by molar-refractivity contribution is 5.93. The van der Waals surface area contributed by atoms with E-state index in [-0.39, 0.29) is 36.4 Å². The topological polar surface area (TPSA) is 89.2 Å². The van der Waals surface area contributed by atoms with Gasteiger partial charge >= 0.3 is 0 Å². The predicted molar refractivity (Wildman–Crippen MR) is 90.4 cm³/mol. The van der Waals surface area contributed by atoms with Crippen LogP contribution < -0.4 is 10.0 Å². The lowest BCUT2D eigenvalue weighted by molar-refractivity contribution is -0.605. The number of hydrogen-bond acceptors (Lipinski definition) is 4. The third kappa shape index (κ3) is 4.75. The molecule has 7 nitrogen and oxygen atoms in total. The quantitative estimate of drug-likeness (QED) is 0.586.